The lowest BCUT2D eigenvalue weighted by Gasteiger charge is -2.40. The number of ether oxygens (including phenoxy) is 1. The van der Waals surface area contributed by atoms with Gasteiger partial charge in [0.25, 0.3) is 0 Å². The minimum atomic E-state index is 0.0873. The zero-order valence-corrected chi connectivity index (χ0v) is 21.9. The molecule has 1 aromatic heterocycles. The monoisotopic (exact) mass is 486 g/mol. The Bertz CT molecular complexity index is 1230. The largest absolute Gasteiger partial charge is 0.493 e. The van der Waals surface area contributed by atoms with E-state index in [4.69, 9.17) is 9.15 Å². The molecule has 0 spiro atoms. The Morgan fingerprint density at radius 2 is 1.78 bits per heavy atom. The quantitative estimate of drug-likeness (QED) is 0.364. The summed E-state index contributed by atoms with van der Waals surface area (Å²) in [5, 5.41) is 1.03. The van der Waals surface area contributed by atoms with Crippen LogP contribution in [0.25, 0.3) is 27.7 Å². The Morgan fingerprint density at radius 3 is 2.47 bits per heavy atom. The van der Waals surface area contributed by atoms with Crippen LogP contribution in [0.5, 0.6) is 5.75 Å². The summed E-state index contributed by atoms with van der Waals surface area (Å²) >= 11 is 0. The minimum absolute atomic E-state index is 0.0873. The van der Waals surface area contributed by atoms with E-state index in [1.807, 2.05) is 31.1 Å². The van der Waals surface area contributed by atoms with Crippen LogP contribution < -0.4 is 4.74 Å². The number of fused-ring (bicyclic) bond motifs is 1. The second kappa shape index (κ2) is 10.9. The molecule has 0 unspecified atom stereocenters. The molecule has 0 bridgehead atoms. The number of piperazine rings is 1. The van der Waals surface area contributed by atoms with Gasteiger partial charge in [0.15, 0.2) is 0 Å². The Balaban J connectivity index is 1.37. The van der Waals surface area contributed by atoms with E-state index < -0.39 is 0 Å². The number of hydrogen-bond acceptors (Lipinski definition) is 4. The molecule has 2 fully saturated rings. The highest BCUT2D eigenvalue weighted by molar-refractivity contribution is 6.00. The fraction of sp³-hybridized carbons (Fsp3) is 0.452. The molecule has 2 heterocycles. The summed E-state index contributed by atoms with van der Waals surface area (Å²) in [4.78, 5) is 17.8. The van der Waals surface area contributed by atoms with Gasteiger partial charge < -0.3 is 14.1 Å². The summed E-state index contributed by atoms with van der Waals surface area (Å²) in [6.07, 6.45) is 10.3. The van der Waals surface area contributed by atoms with Gasteiger partial charge in [0.05, 0.1) is 12.9 Å². The number of furan rings is 1. The van der Waals surface area contributed by atoms with Crippen molar-refractivity contribution in [2.75, 3.05) is 32.8 Å². The number of benzene rings is 2. The van der Waals surface area contributed by atoms with Gasteiger partial charge in [0.2, 0.25) is 5.91 Å². The molecule has 0 atom stereocenters. The van der Waals surface area contributed by atoms with Gasteiger partial charge >= 0.3 is 0 Å². The predicted molar refractivity (Wildman–Crippen MR) is 146 cm³/mol. The highest BCUT2D eigenvalue weighted by atomic mass is 16.5. The van der Waals surface area contributed by atoms with E-state index >= 15 is 0 Å². The van der Waals surface area contributed by atoms with Crippen molar-refractivity contribution in [3.8, 4) is 16.9 Å². The third-order valence-corrected chi connectivity index (χ3v) is 7.82. The smallest absolute Gasteiger partial charge is 0.246 e. The van der Waals surface area contributed by atoms with Crippen LogP contribution >= 0.6 is 0 Å². The lowest BCUT2D eigenvalue weighted by molar-refractivity contribution is -0.128. The molecule has 3 aromatic rings. The third kappa shape index (κ3) is 5.22. The van der Waals surface area contributed by atoms with Gasteiger partial charge in [-0.05, 0) is 50.8 Å². The maximum atomic E-state index is 13.2. The van der Waals surface area contributed by atoms with Crippen LogP contribution in [0.15, 0.2) is 53.2 Å². The summed E-state index contributed by atoms with van der Waals surface area (Å²) in [5.41, 5.74) is 6.03. The first-order valence-electron chi connectivity index (χ1n) is 13.5. The number of amides is 1. The molecular weight excluding hydrogens is 448 g/mol. The SMILES string of the molecule is CCOc1cc2occ(-c3ccc(C)cc3)c2cc1/C(C)=C/C(=O)N1CCN(C2CCCCC2)CC1. The highest BCUT2D eigenvalue weighted by Gasteiger charge is 2.26. The van der Waals surface area contributed by atoms with E-state index in [1.165, 1.54) is 37.7 Å². The summed E-state index contributed by atoms with van der Waals surface area (Å²) in [7, 11) is 0. The average molecular weight is 487 g/mol. The van der Waals surface area contributed by atoms with Crippen molar-refractivity contribution in [2.45, 2.75) is 58.9 Å². The van der Waals surface area contributed by atoms with Crippen molar-refractivity contribution >= 4 is 22.4 Å². The maximum Gasteiger partial charge on any atom is 0.246 e. The molecular formula is C31H38N2O3. The number of rotatable bonds is 6. The topological polar surface area (TPSA) is 45.9 Å². The molecule has 5 heteroatoms. The fourth-order valence-electron chi connectivity index (χ4n) is 5.70. The van der Waals surface area contributed by atoms with Crippen molar-refractivity contribution in [2.24, 2.45) is 0 Å². The van der Waals surface area contributed by atoms with E-state index in [-0.39, 0.29) is 5.91 Å². The van der Waals surface area contributed by atoms with Crippen LogP contribution in [0, 0.1) is 6.92 Å². The molecule has 1 aliphatic carbocycles. The van der Waals surface area contributed by atoms with Crippen LogP contribution in [0.4, 0.5) is 0 Å². The van der Waals surface area contributed by atoms with Gasteiger partial charge in [-0.2, -0.15) is 0 Å². The maximum absolute atomic E-state index is 13.2. The van der Waals surface area contributed by atoms with Crippen molar-refractivity contribution in [3.05, 3.63) is 59.9 Å². The van der Waals surface area contributed by atoms with Gasteiger partial charge in [-0.1, -0.05) is 49.1 Å². The number of carbonyl (C=O) groups is 1. The van der Waals surface area contributed by atoms with E-state index in [9.17, 15) is 4.79 Å². The van der Waals surface area contributed by atoms with E-state index in [1.54, 1.807) is 6.08 Å². The molecule has 5 rings (SSSR count). The van der Waals surface area contributed by atoms with Gasteiger partial charge in [-0.3, -0.25) is 9.69 Å². The number of aryl methyl sites for hydroxylation is 1. The first-order valence-corrected chi connectivity index (χ1v) is 13.5. The highest BCUT2D eigenvalue weighted by Crippen LogP contribution is 2.37. The van der Waals surface area contributed by atoms with Crippen LogP contribution in [0.3, 0.4) is 0 Å². The molecule has 36 heavy (non-hydrogen) atoms. The van der Waals surface area contributed by atoms with Crippen LogP contribution in [0.2, 0.25) is 0 Å². The summed E-state index contributed by atoms with van der Waals surface area (Å²) in [5.74, 6) is 0.836. The summed E-state index contributed by atoms with van der Waals surface area (Å²) in [6, 6.07) is 13.2. The average Bonchev–Trinajstić information content (AvgIpc) is 3.32. The zero-order chi connectivity index (χ0) is 25.1. The van der Waals surface area contributed by atoms with Crippen molar-refractivity contribution < 1.29 is 13.9 Å². The van der Waals surface area contributed by atoms with Crippen molar-refractivity contribution in [1.82, 2.24) is 9.80 Å². The first-order chi connectivity index (χ1) is 17.5. The van der Waals surface area contributed by atoms with E-state index in [0.717, 1.165) is 65.2 Å². The fourth-order valence-corrected chi connectivity index (χ4v) is 5.70. The molecule has 2 aromatic carbocycles. The number of hydrogen-bond donors (Lipinski definition) is 0. The second-order valence-electron chi connectivity index (χ2n) is 10.3. The van der Waals surface area contributed by atoms with Crippen LogP contribution in [0.1, 0.15) is 57.1 Å². The third-order valence-electron chi connectivity index (χ3n) is 7.82. The molecule has 5 nitrogen and oxygen atoms in total. The minimum Gasteiger partial charge on any atom is -0.493 e. The van der Waals surface area contributed by atoms with Gasteiger partial charge in [0, 0.05) is 60.9 Å². The van der Waals surface area contributed by atoms with E-state index in [0.29, 0.717) is 12.6 Å². The Morgan fingerprint density at radius 1 is 1.06 bits per heavy atom. The molecule has 1 saturated heterocycles. The standard InChI is InChI=1S/C31H38N2O3/c1-4-35-29-20-30-27(28(21-36-30)24-12-10-22(2)11-13-24)19-26(29)23(3)18-31(34)33-16-14-32(15-17-33)25-8-6-5-7-9-25/h10-13,18-21,25H,4-9,14-17H2,1-3H3/b23-18+. The zero-order valence-electron chi connectivity index (χ0n) is 21.9. The van der Waals surface area contributed by atoms with Crippen molar-refractivity contribution in [1.29, 1.82) is 0 Å². The Hall–Kier alpha value is -3.05. The predicted octanol–water partition coefficient (Wildman–Crippen LogP) is 6.69. The molecule has 0 N–H and O–H groups in total. The van der Waals surface area contributed by atoms with Gasteiger partial charge in [0.1, 0.15) is 11.3 Å². The second-order valence-corrected chi connectivity index (χ2v) is 10.3. The Labute approximate surface area is 214 Å². The van der Waals surface area contributed by atoms with Crippen molar-refractivity contribution in [3.63, 3.8) is 0 Å². The number of carbonyl (C=O) groups excluding carboxylic acids is 1. The molecule has 1 saturated carbocycles. The lowest BCUT2D eigenvalue weighted by atomic mass is 9.94. The van der Waals surface area contributed by atoms with Crippen LogP contribution in [-0.2, 0) is 4.79 Å². The molecule has 2 aliphatic rings. The number of allylic oxidation sites excluding steroid dienone is 1. The normalized spacial score (nSPS) is 18.1. The van der Waals surface area contributed by atoms with E-state index in [2.05, 4.69) is 42.2 Å². The number of nitrogens with zero attached hydrogens (tertiary/aromatic N) is 2. The summed E-state index contributed by atoms with van der Waals surface area (Å²) < 4.78 is 11.9. The Kier molecular flexibility index (Phi) is 7.47. The lowest BCUT2D eigenvalue weighted by Crippen LogP contribution is -2.52. The molecule has 1 aliphatic heterocycles. The molecule has 0 radical (unpaired) electrons. The molecule has 190 valence electrons. The first kappa shape index (κ1) is 24.6. The van der Waals surface area contributed by atoms with Gasteiger partial charge in [-0.15, -0.1) is 0 Å². The molecule has 1 amide bonds. The van der Waals surface area contributed by atoms with Gasteiger partial charge in [-0.25, -0.2) is 0 Å². The summed E-state index contributed by atoms with van der Waals surface area (Å²) in [6.45, 7) is 10.2. The van der Waals surface area contributed by atoms with Crippen LogP contribution in [-0.4, -0.2) is 54.5 Å².